The van der Waals surface area contributed by atoms with Gasteiger partial charge in [-0.2, -0.15) is 5.10 Å². The topological polar surface area (TPSA) is 39.1 Å². The molecule has 0 aliphatic heterocycles. The van der Waals surface area contributed by atoms with Crippen molar-refractivity contribution in [2.24, 2.45) is 5.92 Å². The van der Waals surface area contributed by atoms with Crippen molar-refractivity contribution in [1.29, 1.82) is 0 Å². The normalized spacial score (nSPS) is 24.8. The van der Waals surface area contributed by atoms with Gasteiger partial charge in [0.05, 0.1) is 25.0 Å². The maximum Gasteiger partial charge on any atom is 0.0728 e. The third kappa shape index (κ3) is 3.73. The van der Waals surface area contributed by atoms with E-state index in [2.05, 4.69) is 23.5 Å². The van der Waals surface area contributed by atoms with Gasteiger partial charge in [0.25, 0.3) is 0 Å². The van der Waals surface area contributed by atoms with E-state index in [1.165, 1.54) is 25.7 Å². The largest absolute Gasteiger partial charge is 0.383 e. The van der Waals surface area contributed by atoms with Gasteiger partial charge in [0.2, 0.25) is 0 Å². The monoisotopic (exact) mass is 237 g/mol. The number of hydrogen-bond donors (Lipinski definition) is 1. The van der Waals surface area contributed by atoms with Crippen LogP contribution in [0, 0.1) is 5.92 Å². The van der Waals surface area contributed by atoms with E-state index >= 15 is 0 Å². The molecule has 17 heavy (non-hydrogen) atoms. The molecule has 1 heterocycles. The fourth-order valence-corrected chi connectivity index (χ4v) is 2.55. The predicted molar refractivity (Wildman–Crippen MR) is 69.1 cm³/mol. The molecule has 2 rings (SSSR count). The lowest BCUT2D eigenvalue weighted by Gasteiger charge is -2.27. The molecule has 0 spiro atoms. The summed E-state index contributed by atoms with van der Waals surface area (Å²) < 4.78 is 6.97. The molecule has 1 N–H and O–H groups in total. The summed E-state index contributed by atoms with van der Waals surface area (Å²) in [6, 6.07) is 0.624. The van der Waals surface area contributed by atoms with Crippen LogP contribution in [0.4, 0.5) is 5.69 Å². The minimum Gasteiger partial charge on any atom is -0.383 e. The zero-order valence-electron chi connectivity index (χ0n) is 10.9. The molecule has 2 unspecified atom stereocenters. The number of methoxy groups -OCH3 is 1. The van der Waals surface area contributed by atoms with E-state index in [9.17, 15) is 0 Å². The zero-order chi connectivity index (χ0) is 12.1. The fourth-order valence-electron chi connectivity index (χ4n) is 2.55. The van der Waals surface area contributed by atoms with Crippen LogP contribution in [0.2, 0.25) is 0 Å². The second-order valence-electron chi connectivity index (χ2n) is 5.10. The molecule has 0 amide bonds. The van der Waals surface area contributed by atoms with Crippen LogP contribution in [-0.2, 0) is 11.3 Å². The number of hydrogen-bond acceptors (Lipinski definition) is 3. The summed E-state index contributed by atoms with van der Waals surface area (Å²) in [5.41, 5.74) is 1.14. The molecule has 0 saturated heterocycles. The van der Waals surface area contributed by atoms with E-state index in [-0.39, 0.29) is 0 Å². The maximum atomic E-state index is 5.04. The molecule has 0 radical (unpaired) electrons. The molecular weight excluding hydrogens is 214 g/mol. The van der Waals surface area contributed by atoms with E-state index in [0.717, 1.165) is 18.2 Å². The van der Waals surface area contributed by atoms with Gasteiger partial charge in [-0.1, -0.05) is 19.8 Å². The molecule has 4 nitrogen and oxygen atoms in total. The van der Waals surface area contributed by atoms with Gasteiger partial charge in [-0.25, -0.2) is 0 Å². The van der Waals surface area contributed by atoms with Gasteiger partial charge in [-0.3, -0.25) is 4.68 Å². The lowest BCUT2D eigenvalue weighted by molar-refractivity contribution is 0.183. The van der Waals surface area contributed by atoms with Crippen LogP contribution in [0.1, 0.15) is 32.6 Å². The Labute approximate surface area is 103 Å². The predicted octanol–water partition coefficient (Wildman–Crippen LogP) is 2.52. The summed E-state index contributed by atoms with van der Waals surface area (Å²) in [6.45, 7) is 3.87. The number of ether oxygens (including phenoxy) is 1. The van der Waals surface area contributed by atoms with Crippen molar-refractivity contribution in [3.8, 4) is 0 Å². The molecule has 1 aliphatic rings. The third-order valence-electron chi connectivity index (χ3n) is 3.46. The standard InChI is InChI=1S/C13H23N3O/c1-11-4-3-5-12(8-11)15-13-9-14-16(10-13)6-7-17-2/h9-12,15H,3-8H2,1-2H3. The van der Waals surface area contributed by atoms with Crippen LogP contribution < -0.4 is 5.32 Å². The van der Waals surface area contributed by atoms with Crippen LogP contribution in [-0.4, -0.2) is 29.5 Å². The molecule has 96 valence electrons. The van der Waals surface area contributed by atoms with Gasteiger partial charge in [0.15, 0.2) is 0 Å². The van der Waals surface area contributed by atoms with Crippen LogP contribution in [0.15, 0.2) is 12.4 Å². The highest BCUT2D eigenvalue weighted by atomic mass is 16.5. The average molecular weight is 237 g/mol. The second kappa shape index (κ2) is 6.05. The minimum absolute atomic E-state index is 0.624. The summed E-state index contributed by atoms with van der Waals surface area (Å²) in [7, 11) is 1.71. The first kappa shape index (κ1) is 12.4. The smallest absolute Gasteiger partial charge is 0.0728 e. The van der Waals surface area contributed by atoms with Crippen molar-refractivity contribution in [1.82, 2.24) is 9.78 Å². The Morgan fingerprint density at radius 3 is 3.18 bits per heavy atom. The molecule has 4 heteroatoms. The van der Waals surface area contributed by atoms with Gasteiger partial charge in [-0.15, -0.1) is 0 Å². The van der Waals surface area contributed by atoms with Crippen LogP contribution in [0.5, 0.6) is 0 Å². The highest BCUT2D eigenvalue weighted by Crippen LogP contribution is 2.25. The first-order chi connectivity index (χ1) is 8.28. The fraction of sp³-hybridized carbons (Fsp3) is 0.769. The Morgan fingerprint density at radius 2 is 2.41 bits per heavy atom. The first-order valence-electron chi connectivity index (χ1n) is 6.56. The van der Waals surface area contributed by atoms with Gasteiger partial charge in [-0.05, 0) is 18.8 Å². The van der Waals surface area contributed by atoms with E-state index in [1.54, 1.807) is 7.11 Å². The van der Waals surface area contributed by atoms with Crippen LogP contribution in [0.25, 0.3) is 0 Å². The van der Waals surface area contributed by atoms with Crippen LogP contribution in [0.3, 0.4) is 0 Å². The summed E-state index contributed by atoms with van der Waals surface area (Å²) in [5.74, 6) is 0.852. The highest BCUT2D eigenvalue weighted by Gasteiger charge is 2.18. The minimum atomic E-state index is 0.624. The average Bonchev–Trinajstić information content (AvgIpc) is 2.74. The van der Waals surface area contributed by atoms with Crippen molar-refractivity contribution < 1.29 is 4.74 Å². The van der Waals surface area contributed by atoms with E-state index < -0.39 is 0 Å². The maximum absolute atomic E-state index is 5.04. The molecule has 1 fully saturated rings. The molecule has 0 bridgehead atoms. The van der Waals surface area contributed by atoms with Gasteiger partial charge < -0.3 is 10.1 Å². The van der Waals surface area contributed by atoms with Crippen molar-refractivity contribution in [2.75, 3.05) is 19.0 Å². The Balaban J connectivity index is 1.83. The van der Waals surface area contributed by atoms with Gasteiger partial charge in [0.1, 0.15) is 0 Å². The van der Waals surface area contributed by atoms with Crippen molar-refractivity contribution in [2.45, 2.75) is 45.2 Å². The Bertz CT molecular complexity index is 337. The van der Waals surface area contributed by atoms with Gasteiger partial charge in [0, 0.05) is 19.3 Å². The Morgan fingerprint density at radius 1 is 1.53 bits per heavy atom. The van der Waals surface area contributed by atoms with Crippen molar-refractivity contribution in [3.05, 3.63) is 12.4 Å². The first-order valence-corrected chi connectivity index (χ1v) is 6.56. The lowest BCUT2D eigenvalue weighted by atomic mass is 9.87. The number of anilines is 1. The van der Waals surface area contributed by atoms with Crippen molar-refractivity contribution >= 4 is 5.69 Å². The molecule has 2 atom stereocenters. The molecule has 1 aromatic heterocycles. The second-order valence-corrected chi connectivity index (χ2v) is 5.10. The summed E-state index contributed by atoms with van der Waals surface area (Å²) >= 11 is 0. The van der Waals surface area contributed by atoms with Gasteiger partial charge >= 0.3 is 0 Å². The molecular formula is C13H23N3O. The lowest BCUT2D eigenvalue weighted by Crippen LogP contribution is -2.25. The SMILES string of the molecule is COCCn1cc(NC2CCCC(C)C2)cn1. The summed E-state index contributed by atoms with van der Waals surface area (Å²) in [4.78, 5) is 0. The molecule has 1 aromatic rings. The number of rotatable bonds is 5. The Hall–Kier alpha value is -1.03. The van der Waals surface area contributed by atoms with E-state index in [0.29, 0.717) is 12.6 Å². The number of nitrogens with one attached hydrogen (secondary N) is 1. The third-order valence-corrected chi connectivity index (χ3v) is 3.46. The van der Waals surface area contributed by atoms with Crippen LogP contribution >= 0.6 is 0 Å². The quantitative estimate of drug-likeness (QED) is 0.855. The summed E-state index contributed by atoms with van der Waals surface area (Å²) in [6.07, 6.45) is 9.27. The van der Waals surface area contributed by atoms with Crippen molar-refractivity contribution in [3.63, 3.8) is 0 Å². The highest BCUT2D eigenvalue weighted by molar-refractivity contribution is 5.39. The van der Waals surface area contributed by atoms with E-state index in [4.69, 9.17) is 4.74 Å². The summed E-state index contributed by atoms with van der Waals surface area (Å²) in [5, 5.41) is 7.90. The molecule has 0 aromatic carbocycles. The molecule has 1 saturated carbocycles. The molecule has 1 aliphatic carbocycles. The zero-order valence-corrected chi connectivity index (χ0v) is 10.9. The van der Waals surface area contributed by atoms with E-state index in [1.807, 2.05) is 10.9 Å². The Kier molecular flexibility index (Phi) is 4.42. The number of nitrogens with zero attached hydrogens (tertiary/aromatic N) is 2. The number of aromatic nitrogens is 2.